The highest BCUT2D eigenvalue weighted by Crippen LogP contribution is 2.29. The van der Waals surface area contributed by atoms with Crippen molar-refractivity contribution in [2.24, 2.45) is 0 Å². The highest BCUT2D eigenvalue weighted by atomic mass is 35.5. The molecule has 0 aliphatic carbocycles. The molecule has 0 saturated carbocycles. The molecular formula is C15H13Cl2FO2. The van der Waals surface area contributed by atoms with Crippen molar-refractivity contribution in [2.45, 2.75) is 19.6 Å². The van der Waals surface area contributed by atoms with Crippen molar-refractivity contribution < 1.29 is 14.2 Å². The van der Waals surface area contributed by atoms with Crippen molar-refractivity contribution in [3.8, 4) is 5.75 Å². The second-order valence-electron chi connectivity index (χ2n) is 4.35. The number of hydrogen-bond acceptors (Lipinski definition) is 2. The van der Waals surface area contributed by atoms with Crippen LogP contribution in [0.3, 0.4) is 0 Å². The lowest BCUT2D eigenvalue weighted by atomic mass is 10.1. The van der Waals surface area contributed by atoms with E-state index in [9.17, 15) is 9.50 Å². The van der Waals surface area contributed by atoms with Crippen molar-refractivity contribution >= 4 is 23.2 Å². The van der Waals surface area contributed by atoms with Gasteiger partial charge in [-0.25, -0.2) is 4.39 Å². The zero-order valence-corrected chi connectivity index (χ0v) is 12.2. The first-order valence-corrected chi connectivity index (χ1v) is 6.78. The Labute approximate surface area is 126 Å². The standard InChI is InChI=1S/C15H13Cl2FO2/c1-9(19)11-7-10(18)5-6-15(11)20-8-12-13(16)3-2-4-14(12)17/h2-7,9,19H,8H2,1H3. The summed E-state index contributed by atoms with van der Waals surface area (Å²) in [7, 11) is 0. The maximum atomic E-state index is 13.2. The van der Waals surface area contributed by atoms with E-state index in [1.54, 1.807) is 25.1 Å². The molecule has 1 N–H and O–H groups in total. The lowest BCUT2D eigenvalue weighted by molar-refractivity contribution is 0.189. The van der Waals surface area contributed by atoms with E-state index in [1.807, 2.05) is 0 Å². The van der Waals surface area contributed by atoms with Crippen LogP contribution in [0.25, 0.3) is 0 Å². The summed E-state index contributed by atoms with van der Waals surface area (Å²) >= 11 is 12.1. The van der Waals surface area contributed by atoms with E-state index < -0.39 is 11.9 Å². The van der Waals surface area contributed by atoms with Crippen LogP contribution < -0.4 is 4.74 Å². The molecule has 0 fully saturated rings. The number of ether oxygens (including phenoxy) is 1. The maximum absolute atomic E-state index is 13.2. The zero-order valence-electron chi connectivity index (χ0n) is 10.7. The fourth-order valence-electron chi connectivity index (χ4n) is 1.80. The molecule has 2 rings (SSSR count). The second kappa shape index (κ2) is 6.44. The van der Waals surface area contributed by atoms with Gasteiger partial charge in [0, 0.05) is 21.2 Å². The van der Waals surface area contributed by atoms with Crippen LogP contribution in [0.1, 0.15) is 24.2 Å². The van der Waals surface area contributed by atoms with Gasteiger partial charge in [-0.1, -0.05) is 29.3 Å². The van der Waals surface area contributed by atoms with Gasteiger partial charge >= 0.3 is 0 Å². The molecular weight excluding hydrogens is 302 g/mol. The predicted octanol–water partition coefficient (Wildman–Crippen LogP) is 4.76. The summed E-state index contributed by atoms with van der Waals surface area (Å²) in [6.07, 6.45) is -0.831. The van der Waals surface area contributed by atoms with Crippen LogP contribution in [0, 0.1) is 5.82 Å². The Hall–Kier alpha value is -1.29. The Kier molecular flexibility index (Phi) is 4.86. The molecule has 1 atom stereocenters. The van der Waals surface area contributed by atoms with Gasteiger partial charge in [0.15, 0.2) is 0 Å². The SMILES string of the molecule is CC(O)c1cc(F)ccc1OCc1c(Cl)cccc1Cl. The number of halogens is 3. The molecule has 0 heterocycles. The summed E-state index contributed by atoms with van der Waals surface area (Å²) in [5.74, 6) is -0.0265. The van der Waals surface area contributed by atoms with Crippen LogP contribution in [0.15, 0.2) is 36.4 Å². The first-order valence-electron chi connectivity index (χ1n) is 6.02. The van der Waals surface area contributed by atoms with E-state index in [2.05, 4.69) is 0 Å². The van der Waals surface area contributed by atoms with Gasteiger partial charge in [0.2, 0.25) is 0 Å². The lowest BCUT2D eigenvalue weighted by Crippen LogP contribution is -2.02. The van der Waals surface area contributed by atoms with Crippen LogP contribution >= 0.6 is 23.2 Å². The molecule has 2 aromatic rings. The van der Waals surface area contributed by atoms with E-state index in [-0.39, 0.29) is 6.61 Å². The molecule has 0 aliphatic rings. The van der Waals surface area contributed by atoms with Gasteiger partial charge in [0.25, 0.3) is 0 Å². The summed E-state index contributed by atoms with van der Waals surface area (Å²) in [6.45, 7) is 1.69. The smallest absolute Gasteiger partial charge is 0.125 e. The summed E-state index contributed by atoms with van der Waals surface area (Å²) in [6, 6.07) is 9.16. The van der Waals surface area contributed by atoms with Crippen molar-refractivity contribution in [1.82, 2.24) is 0 Å². The van der Waals surface area contributed by atoms with E-state index >= 15 is 0 Å². The lowest BCUT2D eigenvalue weighted by Gasteiger charge is -2.14. The van der Waals surface area contributed by atoms with Crippen LogP contribution in [-0.4, -0.2) is 5.11 Å². The number of rotatable bonds is 4. The number of hydrogen-bond donors (Lipinski definition) is 1. The summed E-state index contributed by atoms with van der Waals surface area (Å²) in [5.41, 5.74) is 1.03. The molecule has 5 heteroatoms. The third kappa shape index (κ3) is 3.42. The molecule has 0 spiro atoms. The Bertz CT molecular complexity index is 595. The summed E-state index contributed by atoms with van der Waals surface area (Å²) in [5, 5.41) is 10.6. The van der Waals surface area contributed by atoms with Gasteiger partial charge in [-0.15, -0.1) is 0 Å². The van der Waals surface area contributed by atoms with E-state index in [4.69, 9.17) is 27.9 Å². The minimum atomic E-state index is -0.831. The van der Waals surface area contributed by atoms with Gasteiger partial charge in [0.1, 0.15) is 18.2 Å². The Morgan fingerprint density at radius 1 is 1.20 bits per heavy atom. The van der Waals surface area contributed by atoms with Crippen molar-refractivity contribution in [2.75, 3.05) is 0 Å². The first-order chi connectivity index (χ1) is 9.49. The Morgan fingerprint density at radius 3 is 2.45 bits per heavy atom. The Morgan fingerprint density at radius 2 is 1.85 bits per heavy atom. The largest absolute Gasteiger partial charge is 0.488 e. The fraction of sp³-hybridized carbons (Fsp3) is 0.200. The quantitative estimate of drug-likeness (QED) is 0.881. The first kappa shape index (κ1) is 15.1. The van der Waals surface area contributed by atoms with Gasteiger partial charge in [-0.3, -0.25) is 0 Å². The highest BCUT2D eigenvalue weighted by Gasteiger charge is 2.12. The van der Waals surface area contributed by atoms with Crippen LogP contribution in [-0.2, 0) is 6.61 Å². The molecule has 2 aromatic carbocycles. The Balaban J connectivity index is 2.23. The highest BCUT2D eigenvalue weighted by molar-refractivity contribution is 6.35. The van der Waals surface area contributed by atoms with Gasteiger partial charge in [-0.2, -0.15) is 0 Å². The second-order valence-corrected chi connectivity index (χ2v) is 5.16. The molecule has 0 bridgehead atoms. The molecule has 0 radical (unpaired) electrons. The molecule has 0 aliphatic heterocycles. The molecule has 0 aromatic heterocycles. The average Bonchev–Trinajstić information content (AvgIpc) is 2.39. The van der Waals surface area contributed by atoms with E-state index in [0.717, 1.165) is 0 Å². The molecule has 20 heavy (non-hydrogen) atoms. The molecule has 1 unspecified atom stereocenters. The minimum Gasteiger partial charge on any atom is -0.488 e. The number of aliphatic hydroxyl groups excluding tert-OH is 1. The number of benzene rings is 2. The van der Waals surface area contributed by atoms with E-state index in [0.29, 0.717) is 26.9 Å². The normalized spacial score (nSPS) is 12.2. The molecule has 106 valence electrons. The molecule has 2 nitrogen and oxygen atoms in total. The van der Waals surface area contributed by atoms with Crippen LogP contribution in [0.5, 0.6) is 5.75 Å². The topological polar surface area (TPSA) is 29.5 Å². The molecule has 0 saturated heterocycles. The van der Waals surface area contributed by atoms with Crippen molar-refractivity contribution in [3.05, 3.63) is 63.4 Å². The number of aliphatic hydroxyl groups is 1. The predicted molar refractivity (Wildman–Crippen MR) is 77.8 cm³/mol. The molecule has 0 amide bonds. The zero-order chi connectivity index (χ0) is 14.7. The van der Waals surface area contributed by atoms with Crippen molar-refractivity contribution in [3.63, 3.8) is 0 Å². The van der Waals surface area contributed by atoms with Crippen molar-refractivity contribution in [1.29, 1.82) is 0 Å². The van der Waals surface area contributed by atoms with Gasteiger partial charge < -0.3 is 9.84 Å². The third-order valence-corrected chi connectivity index (χ3v) is 3.56. The third-order valence-electron chi connectivity index (χ3n) is 2.86. The van der Waals surface area contributed by atoms with Crippen LogP contribution in [0.2, 0.25) is 10.0 Å². The fourth-order valence-corrected chi connectivity index (χ4v) is 2.30. The summed E-state index contributed by atoms with van der Waals surface area (Å²) in [4.78, 5) is 0. The van der Waals surface area contributed by atoms with Gasteiger partial charge in [-0.05, 0) is 37.3 Å². The van der Waals surface area contributed by atoms with E-state index in [1.165, 1.54) is 18.2 Å². The minimum absolute atomic E-state index is 0.143. The monoisotopic (exact) mass is 314 g/mol. The summed E-state index contributed by atoms with van der Waals surface area (Å²) < 4.78 is 18.8. The average molecular weight is 315 g/mol. The maximum Gasteiger partial charge on any atom is 0.125 e. The van der Waals surface area contributed by atoms with Gasteiger partial charge in [0.05, 0.1) is 6.10 Å². The van der Waals surface area contributed by atoms with Crippen LogP contribution in [0.4, 0.5) is 4.39 Å².